The number of carbonyl (C=O) groups excluding carboxylic acids is 1. The first-order valence-electron chi connectivity index (χ1n) is 6.64. The van der Waals surface area contributed by atoms with Crippen LogP contribution in [0.5, 0.6) is 0 Å². The average molecular weight is 333 g/mol. The van der Waals surface area contributed by atoms with E-state index >= 15 is 0 Å². The van der Waals surface area contributed by atoms with E-state index in [2.05, 4.69) is 5.32 Å². The van der Waals surface area contributed by atoms with Crippen LogP contribution in [0.15, 0.2) is 24.3 Å². The molecule has 0 unspecified atom stereocenters. The molecule has 0 aliphatic heterocycles. The van der Waals surface area contributed by atoms with Crippen molar-refractivity contribution in [1.29, 1.82) is 0 Å². The van der Waals surface area contributed by atoms with Crippen molar-refractivity contribution >= 4 is 16.2 Å². The summed E-state index contributed by atoms with van der Waals surface area (Å²) in [6.07, 6.45) is -0.927. The Morgan fingerprint density at radius 3 is 2.45 bits per heavy atom. The highest BCUT2D eigenvalue weighted by Crippen LogP contribution is 2.12. The van der Waals surface area contributed by atoms with Gasteiger partial charge in [0.2, 0.25) is 0 Å². The summed E-state index contributed by atoms with van der Waals surface area (Å²) in [5.41, 5.74) is -0.530. The summed E-state index contributed by atoms with van der Waals surface area (Å²) in [5, 5.41) is 2.34. The molecule has 2 N–H and O–H groups in total. The number of nitrogens with one attached hydrogen (secondary N) is 1. The van der Waals surface area contributed by atoms with Crippen LogP contribution in [0.2, 0.25) is 0 Å². The third-order valence-electron chi connectivity index (χ3n) is 2.56. The van der Waals surface area contributed by atoms with Crippen LogP contribution in [0, 0.1) is 5.82 Å². The van der Waals surface area contributed by atoms with Gasteiger partial charge in [-0.3, -0.25) is 4.55 Å². The Kier molecular flexibility index (Phi) is 5.90. The van der Waals surface area contributed by atoms with E-state index in [4.69, 9.17) is 9.29 Å². The van der Waals surface area contributed by atoms with Gasteiger partial charge in [-0.2, -0.15) is 8.42 Å². The van der Waals surface area contributed by atoms with E-state index in [-0.39, 0.29) is 12.0 Å². The van der Waals surface area contributed by atoms with Crippen molar-refractivity contribution in [2.45, 2.75) is 38.8 Å². The number of carbonyl (C=O) groups is 1. The first kappa shape index (κ1) is 18.4. The van der Waals surface area contributed by atoms with Gasteiger partial charge in [-0.25, -0.2) is 9.18 Å². The van der Waals surface area contributed by atoms with E-state index in [1.165, 1.54) is 18.2 Å². The lowest BCUT2D eigenvalue weighted by Crippen LogP contribution is -2.43. The van der Waals surface area contributed by atoms with Gasteiger partial charge in [0.15, 0.2) is 0 Å². The first-order valence-corrected chi connectivity index (χ1v) is 8.25. The zero-order valence-electron chi connectivity index (χ0n) is 12.7. The van der Waals surface area contributed by atoms with E-state index in [1.54, 1.807) is 26.8 Å². The molecule has 1 rings (SSSR count). The molecule has 0 saturated heterocycles. The maximum absolute atomic E-state index is 13.6. The lowest BCUT2D eigenvalue weighted by molar-refractivity contribution is 0.0509. The van der Waals surface area contributed by atoms with Crippen LogP contribution in [-0.4, -0.2) is 36.5 Å². The lowest BCUT2D eigenvalue weighted by Gasteiger charge is -2.23. The van der Waals surface area contributed by atoms with Gasteiger partial charge in [-0.15, -0.1) is 0 Å². The fraction of sp³-hybridized carbons (Fsp3) is 0.500. The zero-order chi connectivity index (χ0) is 17.0. The summed E-state index contributed by atoms with van der Waals surface area (Å²) in [6, 6.07) is 4.78. The first-order chi connectivity index (χ1) is 9.96. The number of benzene rings is 1. The highest BCUT2D eigenvalue weighted by atomic mass is 32.2. The molecule has 1 atom stereocenters. The van der Waals surface area contributed by atoms with E-state index in [0.717, 1.165) is 0 Å². The van der Waals surface area contributed by atoms with Crippen molar-refractivity contribution < 1.29 is 26.9 Å². The van der Waals surface area contributed by atoms with E-state index < -0.39 is 39.4 Å². The number of ether oxygens (including phenoxy) is 1. The molecule has 124 valence electrons. The molecule has 0 saturated carbocycles. The topological polar surface area (TPSA) is 92.7 Å². The molecule has 0 aliphatic rings. The normalized spacial score (nSPS) is 13.5. The molecule has 0 spiro atoms. The number of alkyl carbamates (subject to hydrolysis) is 1. The largest absolute Gasteiger partial charge is 0.444 e. The summed E-state index contributed by atoms with van der Waals surface area (Å²) < 4.78 is 49.7. The van der Waals surface area contributed by atoms with Crippen molar-refractivity contribution in [3.63, 3.8) is 0 Å². The number of halogens is 1. The molecular formula is C14H20FNO5S. The Morgan fingerprint density at radius 1 is 1.36 bits per heavy atom. The van der Waals surface area contributed by atoms with Gasteiger partial charge in [-0.1, -0.05) is 18.2 Å². The molecular weight excluding hydrogens is 313 g/mol. The highest BCUT2D eigenvalue weighted by molar-refractivity contribution is 7.85. The van der Waals surface area contributed by atoms with Gasteiger partial charge in [0.1, 0.15) is 11.4 Å². The molecule has 22 heavy (non-hydrogen) atoms. The van der Waals surface area contributed by atoms with Crippen LogP contribution in [0.3, 0.4) is 0 Å². The Bertz CT molecular complexity index is 624. The van der Waals surface area contributed by atoms with Crippen LogP contribution in [0.1, 0.15) is 26.3 Å². The van der Waals surface area contributed by atoms with Crippen LogP contribution >= 0.6 is 0 Å². The van der Waals surface area contributed by atoms with Crippen LogP contribution in [-0.2, 0) is 21.3 Å². The van der Waals surface area contributed by atoms with Gasteiger partial charge in [0, 0.05) is 0 Å². The number of hydrogen-bond donors (Lipinski definition) is 2. The molecule has 1 aromatic carbocycles. The number of hydrogen-bond acceptors (Lipinski definition) is 4. The van der Waals surface area contributed by atoms with Crippen molar-refractivity contribution in [1.82, 2.24) is 5.32 Å². The van der Waals surface area contributed by atoms with E-state index in [1.807, 2.05) is 0 Å². The maximum Gasteiger partial charge on any atom is 0.407 e. The minimum atomic E-state index is -4.34. The SMILES string of the molecule is CC(C)(C)OC(=O)N[C@H](Cc1ccccc1F)CS(=O)(=O)O. The molecule has 0 aromatic heterocycles. The summed E-state index contributed by atoms with van der Waals surface area (Å²) in [7, 11) is -4.34. The smallest absolute Gasteiger partial charge is 0.407 e. The quantitative estimate of drug-likeness (QED) is 0.806. The third kappa shape index (κ3) is 7.37. The highest BCUT2D eigenvalue weighted by Gasteiger charge is 2.24. The lowest BCUT2D eigenvalue weighted by atomic mass is 10.1. The Morgan fingerprint density at radius 2 is 1.95 bits per heavy atom. The predicted octanol–water partition coefficient (Wildman–Crippen LogP) is 2.15. The van der Waals surface area contributed by atoms with Crippen LogP contribution in [0.25, 0.3) is 0 Å². The van der Waals surface area contributed by atoms with Crippen molar-refractivity contribution in [3.8, 4) is 0 Å². The van der Waals surface area contributed by atoms with Gasteiger partial charge in [-0.05, 0) is 38.8 Å². The molecule has 8 heteroatoms. The van der Waals surface area contributed by atoms with Crippen molar-refractivity contribution in [2.75, 3.05) is 5.75 Å². The van der Waals surface area contributed by atoms with Crippen molar-refractivity contribution in [2.24, 2.45) is 0 Å². The second-order valence-corrected chi connectivity index (χ2v) is 7.38. The third-order valence-corrected chi connectivity index (χ3v) is 3.38. The van der Waals surface area contributed by atoms with Gasteiger partial charge in [0.25, 0.3) is 10.1 Å². The Balaban J connectivity index is 2.85. The number of amides is 1. The molecule has 0 bridgehead atoms. The average Bonchev–Trinajstić information content (AvgIpc) is 2.27. The van der Waals surface area contributed by atoms with Crippen LogP contribution in [0.4, 0.5) is 9.18 Å². The minimum Gasteiger partial charge on any atom is -0.444 e. The molecule has 0 fully saturated rings. The van der Waals surface area contributed by atoms with Gasteiger partial charge in [0.05, 0.1) is 11.8 Å². The summed E-state index contributed by atoms with van der Waals surface area (Å²) >= 11 is 0. The monoisotopic (exact) mass is 333 g/mol. The Hall–Kier alpha value is -1.67. The zero-order valence-corrected chi connectivity index (χ0v) is 13.5. The molecule has 0 radical (unpaired) electrons. The Labute approximate surface area is 129 Å². The summed E-state index contributed by atoms with van der Waals surface area (Å²) in [4.78, 5) is 11.7. The fourth-order valence-electron chi connectivity index (χ4n) is 1.81. The maximum atomic E-state index is 13.6. The molecule has 6 nitrogen and oxygen atoms in total. The second kappa shape index (κ2) is 7.06. The summed E-state index contributed by atoms with van der Waals surface area (Å²) in [6.45, 7) is 4.96. The second-order valence-electron chi connectivity index (χ2n) is 5.89. The minimum absolute atomic E-state index is 0.0916. The molecule has 1 aromatic rings. The molecule has 0 aliphatic carbocycles. The molecule has 0 heterocycles. The van der Waals surface area contributed by atoms with Gasteiger partial charge >= 0.3 is 6.09 Å². The molecule has 1 amide bonds. The fourth-order valence-corrected chi connectivity index (χ4v) is 2.52. The predicted molar refractivity (Wildman–Crippen MR) is 79.7 cm³/mol. The standard InChI is InChI=1S/C14H20FNO5S/c1-14(2,3)21-13(17)16-11(9-22(18,19)20)8-10-6-4-5-7-12(10)15/h4-7,11H,8-9H2,1-3H3,(H,16,17)(H,18,19,20)/t11-/m1/s1. The van der Waals surface area contributed by atoms with Crippen LogP contribution < -0.4 is 5.32 Å². The van der Waals surface area contributed by atoms with Gasteiger partial charge < -0.3 is 10.1 Å². The van der Waals surface area contributed by atoms with E-state index in [9.17, 15) is 17.6 Å². The number of rotatable bonds is 5. The van der Waals surface area contributed by atoms with E-state index in [0.29, 0.717) is 0 Å². The summed E-state index contributed by atoms with van der Waals surface area (Å²) in [5.74, 6) is -1.26. The van der Waals surface area contributed by atoms with Crippen molar-refractivity contribution in [3.05, 3.63) is 35.6 Å².